The average Bonchev–Trinajstić information content (AvgIpc) is 2.43. The summed E-state index contributed by atoms with van der Waals surface area (Å²) in [5.41, 5.74) is 0.553. The molecule has 1 N–H and O–H groups in total. The highest BCUT2D eigenvalue weighted by molar-refractivity contribution is 6.02. The zero-order valence-electron chi connectivity index (χ0n) is 13.1. The van der Waals surface area contributed by atoms with E-state index in [2.05, 4.69) is 5.32 Å². The van der Waals surface area contributed by atoms with Gasteiger partial charge in [-0.05, 0) is 32.0 Å². The molecular weight excluding hydrogens is 286 g/mol. The van der Waals surface area contributed by atoms with Crippen LogP contribution in [0.5, 0.6) is 5.75 Å². The van der Waals surface area contributed by atoms with E-state index in [1.165, 1.54) is 0 Å². The minimum absolute atomic E-state index is 0.0127. The molecule has 0 aliphatic carbocycles. The van der Waals surface area contributed by atoms with Crippen molar-refractivity contribution in [3.63, 3.8) is 0 Å². The SMILES string of the molecule is COCCOCC(=O)Nc1ccc2c(c1)C(=O)CC(C)(C)O2. The Balaban J connectivity index is 1.98. The Morgan fingerprint density at radius 1 is 1.36 bits per heavy atom. The fraction of sp³-hybridized carbons (Fsp3) is 0.500. The molecule has 1 aromatic carbocycles. The molecule has 22 heavy (non-hydrogen) atoms. The first kappa shape index (κ1) is 16.5. The van der Waals surface area contributed by atoms with Gasteiger partial charge < -0.3 is 19.5 Å². The van der Waals surface area contributed by atoms with Crippen molar-refractivity contribution in [2.24, 2.45) is 0 Å². The lowest BCUT2D eigenvalue weighted by molar-refractivity contribution is -0.121. The van der Waals surface area contributed by atoms with E-state index in [4.69, 9.17) is 14.2 Å². The highest BCUT2D eigenvalue weighted by Gasteiger charge is 2.32. The Bertz CT molecular complexity index is 568. The third-order valence-corrected chi connectivity index (χ3v) is 3.20. The molecule has 0 bridgehead atoms. The van der Waals surface area contributed by atoms with E-state index in [1.54, 1.807) is 25.3 Å². The second kappa shape index (κ2) is 6.89. The molecule has 1 aliphatic rings. The quantitative estimate of drug-likeness (QED) is 0.814. The van der Waals surface area contributed by atoms with Crippen LogP contribution in [0.4, 0.5) is 5.69 Å². The molecule has 0 fully saturated rings. The molecule has 6 nitrogen and oxygen atoms in total. The number of carbonyl (C=O) groups excluding carboxylic acids is 2. The maximum atomic E-state index is 12.2. The van der Waals surface area contributed by atoms with Gasteiger partial charge in [0, 0.05) is 12.8 Å². The standard InChI is InChI=1S/C16H21NO5/c1-16(2)9-13(18)12-8-11(4-5-14(12)22-16)17-15(19)10-21-7-6-20-3/h4-5,8H,6-7,9-10H2,1-3H3,(H,17,19). The number of nitrogens with one attached hydrogen (secondary N) is 1. The lowest BCUT2D eigenvalue weighted by Gasteiger charge is -2.31. The van der Waals surface area contributed by atoms with Crippen LogP contribution >= 0.6 is 0 Å². The molecule has 6 heteroatoms. The zero-order valence-corrected chi connectivity index (χ0v) is 13.1. The summed E-state index contributed by atoms with van der Waals surface area (Å²) in [5.74, 6) is 0.287. The van der Waals surface area contributed by atoms with Gasteiger partial charge in [0.2, 0.25) is 5.91 Å². The molecule has 1 aromatic rings. The highest BCUT2D eigenvalue weighted by atomic mass is 16.5. The minimum atomic E-state index is -0.496. The number of carbonyl (C=O) groups is 2. The van der Waals surface area contributed by atoms with E-state index in [0.29, 0.717) is 36.6 Å². The molecule has 0 atom stereocenters. The summed E-state index contributed by atoms with van der Waals surface area (Å²) in [4.78, 5) is 23.9. The fourth-order valence-electron chi connectivity index (χ4n) is 2.23. The molecule has 2 rings (SSSR count). The number of amides is 1. The number of rotatable bonds is 6. The van der Waals surface area contributed by atoms with Crippen molar-refractivity contribution < 1.29 is 23.8 Å². The predicted octanol–water partition coefficient (Wildman–Crippen LogP) is 2.03. The summed E-state index contributed by atoms with van der Waals surface area (Å²) in [5, 5.41) is 2.70. The number of methoxy groups -OCH3 is 1. The van der Waals surface area contributed by atoms with E-state index in [9.17, 15) is 9.59 Å². The minimum Gasteiger partial charge on any atom is -0.487 e. The van der Waals surface area contributed by atoms with Gasteiger partial charge in [0.05, 0.1) is 25.2 Å². The van der Waals surface area contributed by atoms with Crippen LogP contribution in [0.25, 0.3) is 0 Å². The van der Waals surface area contributed by atoms with Crippen LogP contribution in [0.1, 0.15) is 30.6 Å². The molecule has 1 heterocycles. The molecule has 0 radical (unpaired) electrons. The lowest BCUT2D eigenvalue weighted by atomic mass is 9.93. The Labute approximate surface area is 129 Å². The van der Waals surface area contributed by atoms with Crippen LogP contribution in [-0.2, 0) is 14.3 Å². The first-order chi connectivity index (χ1) is 10.4. The number of ether oxygens (including phenoxy) is 3. The molecule has 1 amide bonds. The molecule has 1 aliphatic heterocycles. The normalized spacial score (nSPS) is 15.9. The monoisotopic (exact) mass is 307 g/mol. The summed E-state index contributed by atoms with van der Waals surface area (Å²) in [6.45, 7) is 4.49. The topological polar surface area (TPSA) is 73.9 Å². The van der Waals surface area contributed by atoms with Crippen LogP contribution in [0.3, 0.4) is 0 Å². The first-order valence-corrected chi connectivity index (χ1v) is 7.14. The van der Waals surface area contributed by atoms with Gasteiger partial charge in [0.25, 0.3) is 0 Å². The van der Waals surface area contributed by atoms with E-state index < -0.39 is 5.60 Å². The Morgan fingerprint density at radius 2 is 2.14 bits per heavy atom. The number of Topliss-reactive ketones (excluding diaryl/α,β-unsaturated/α-hetero) is 1. The van der Waals surface area contributed by atoms with Crippen LogP contribution in [-0.4, -0.2) is 44.2 Å². The molecule has 0 saturated carbocycles. The van der Waals surface area contributed by atoms with Crippen LogP contribution in [0, 0.1) is 0 Å². The van der Waals surface area contributed by atoms with Gasteiger partial charge in [-0.1, -0.05) is 0 Å². The Morgan fingerprint density at radius 3 is 2.86 bits per heavy atom. The van der Waals surface area contributed by atoms with Crippen LogP contribution < -0.4 is 10.1 Å². The molecule has 0 spiro atoms. The van der Waals surface area contributed by atoms with Gasteiger partial charge in [0.1, 0.15) is 18.0 Å². The van der Waals surface area contributed by atoms with E-state index in [0.717, 1.165) is 0 Å². The molecule has 0 unspecified atom stereocenters. The summed E-state index contributed by atoms with van der Waals surface area (Å²) in [7, 11) is 1.57. The van der Waals surface area contributed by atoms with Crippen LogP contribution in [0.2, 0.25) is 0 Å². The van der Waals surface area contributed by atoms with Gasteiger partial charge in [-0.2, -0.15) is 0 Å². The number of benzene rings is 1. The molecule has 0 saturated heterocycles. The van der Waals surface area contributed by atoms with Crippen molar-refractivity contribution in [1.82, 2.24) is 0 Å². The summed E-state index contributed by atoms with van der Waals surface area (Å²) >= 11 is 0. The first-order valence-electron chi connectivity index (χ1n) is 7.14. The highest BCUT2D eigenvalue weighted by Crippen LogP contribution is 2.34. The van der Waals surface area contributed by atoms with Gasteiger partial charge in [0.15, 0.2) is 5.78 Å². The molecule has 120 valence electrons. The largest absolute Gasteiger partial charge is 0.487 e. The average molecular weight is 307 g/mol. The number of ketones is 1. The van der Waals surface area contributed by atoms with Crippen molar-refractivity contribution in [1.29, 1.82) is 0 Å². The number of hydrogen-bond donors (Lipinski definition) is 1. The Hall–Kier alpha value is -1.92. The zero-order chi connectivity index (χ0) is 16.2. The van der Waals surface area contributed by atoms with Crippen molar-refractivity contribution in [3.8, 4) is 5.75 Å². The number of hydrogen-bond acceptors (Lipinski definition) is 5. The number of anilines is 1. The van der Waals surface area contributed by atoms with E-state index in [-0.39, 0.29) is 18.3 Å². The van der Waals surface area contributed by atoms with Crippen molar-refractivity contribution in [2.45, 2.75) is 25.9 Å². The maximum absolute atomic E-state index is 12.2. The summed E-state index contributed by atoms with van der Waals surface area (Å²) in [6, 6.07) is 5.05. The predicted molar refractivity (Wildman–Crippen MR) is 81.4 cm³/mol. The van der Waals surface area contributed by atoms with Gasteiger partial charge >= 0.3 is 0 Å². The van der Waals surface area contributed by atoms with E-state index >= 15 is 0 Å². The van der Waals surface area contributed by atoms with Crippen LogP contribution in [0.15, 0.2) is 18.2 Å². The molecule has 0 aromatic heterocycles. The number of fused-ring (bicyclic) bond motifs is 1. The smallest absolute Gasteiger partial charge is 0.250 e. The Kier molecular flexibility index (Phi) is 5.15. The van der Waals surface area contributed by atoms with Crippen molar-refractivity contribution >= 4 is 17.4 Å². The second-order valence-electron chi connectivity index (χ2n) is 5.77. The third-order valence-electron chi connectivity index (χ3n) is 3.20. The maximum Gasteiger partial charge on any atom is 0.250 e. The third kappa shape index (κ3) is 4.29. The second-order valence-corrected chi connectivity index (χ2v) is 5.77. The molecular formula is C16H21NO5. The fourth-order valence-corrected chi connectivity index (χ4v) is 2.23. The van der Waals surface area contributed by atoms with Gasteiger partial charge in [-0.3, -0.25) is 9.59 Å². The van der Waals surface area contributed by atoms with Gasteiger partial charge in [-0.25, -0.2) is 0 Å². The summed E-state index contributed by atoms with van der Waals surface area (Å²) in [6.07, 6.45) is 0.317. The van der Waals surface area contributed by atoms with Crippen molar-refractivity contribution in [2.75, 3.05) is 32.2 Å². The van der Waals surface area contributed by atoms with E-state index in [1.807, 2.05) is 13.8 Å². The van der Waals surface area contributed by atoms with Gasteiger partial charge in [-0.15, -0.1) is 0 Å². The van der Waals surface area contributed by atoms with Crippen molar-refractivity contribution in [3.05, 3.63) is 23.8 Å². The summed E-state index contributed by atoms with van der Waals surface area (Å²) < 4.78 is 15.7. The lowest BCUT2D eigenvalue weighted by Crippen LogP contribution is -2.35.